The average molecular weight is 306 g/mol. The molecule has 0 saturated heterocycles. The van der Waals surface area contributed by atoms with E-state index in [1.807, 2.05) is 30.3 Å². The van der Waals surface area contributed by atoms with Crippen LogP contribution in [0.25, 0.3) is 0 Å². The number of carbonyl (C=O) groups excluding carboxylic acids is 4. The highest BCUT2D eigenvalue weighted by atomic mass is 16.5. The smallest absolute Gasteiger partial charge is 0.293 e. The van der Waals surface area contributed by atoms with E-state index in [9.17, 15) is 19.2 Å². The van der Waals surface area contributed by atoms with Crippen LogP contribution in [-0.4, -0.2) is 43.3 Å². The van der Waals surface area contributed by atoms with Crippen LogP contribution in [0.15, 0.2) is 30.3 Å². The first-order chi connectivity index (χ1) is 10.5. The number of hydrogen-bond donors (Lipinski definition) is 2. The molecule has 0 aliphatic heterocycles. The van der Waals surface area contributed by atoms with E-state index < -0.39 is 24.3 Å². The predicted octanol–water partition coefficient (Wildman–Crippen LogP) is -0.408. The number of ether oxygens (including phenoxy) is 1. The molecule has 0 unspecified atom stereocenters. The van der Waals surface area contributed by atoms with Crippen molar-refractivity contribution in [3.63, 3.8) is 0 Å². The molecular weight excluding hydrogens is 288 g/mol. The van der Waals surface area contributed by atoms with Crippen LogP contribution < -0.4 is 10.6 Å². The zero-order valence-electron chi connectivity index (χ0n) is 12.2. The summed E-state index contributed by atoms with van der Waals surface area (Å²) in [6.07, 6.45) is 0.311. The maximum absolute atomic E-state index is 12.1. The van der Waals surface area contributed by atoms with Crippen LogP contribution in [0.2, 0.25) is 0 Å². The molecule has 2 amide bonds. The van der Waals surface area contributed by atoms with Gasteiger partial charge in [0, 0.05) is 13.3 Å². The van der Waals surface area contributed by atoms with Crippen LogP contribution in [-0.2, 0) is 30.3 Å². The standard InChI is InChI=1S/C15H18N2O5/c1-11(19)17-14(7-12-5-3-2-4-6-12)15(21)16-8-13(20)9-22-10-18/h2-6,10,14H,7-9H2,1H3,(H,16,21)(H,17,19)/t14-/m0/s1. The zero-order valence-corrected chi connectivity index (χ0v) is 12.2. The van der Waals surface area contributed by atoms with Gasteiger partial charge >= 0.3 is 0 Å². The molecule has 2 N–H and O–H groups in total. The van der Waals surface area contributed by atoms with Gasteiger partial charge in [0.25, 0.3) is 6.47 Å². The molecule has 0 heterocycles. The minimum Gasteiger partial charge on any atom is -0.460 e. The number of rotatable bonds is 9. The first kappa shape index (κ1) is 17.4. The van der Waals surface area contributed by atoms with Crippen LogP contribution in [0, 0.1) is 0 Å². The summed E-state index contributed by atoms with van der Waals surface area (Å²) in [5.74, 6) is -1.26. The molecule has 7 heteroatoms. The number of carbonyl (C=O) groups is 4. The van der Waals surface area contributed by atoms with Gasteiger partial charge in [-0.05, 0) is 5.56 Å². The summed E-state index contributed by atoms with van der Waals surface area (Å²) >= 11 is 0. The molecule has 1 aromatic carbocycles. The second-order valence-corrected chi connectivity index (χ2v) is 4.61. The first-order valence-corrected chi connectivity index (χ1v) is 6.68. The van der Waals surface area contributed by atoms with E-state index >= 15 is 0 Å². The van der Waals surface area contributed by atoms with Gasteiger partial charge in [-0.3, -0.25) is 19.2 Å². The van der Waals surface area contributed by atoms with Crippen molar-refractivity contribution in [2.45, 2.75) is 19.4 Å². The Bertz CT molecular complexity index is 530. The van der Waals surface area contributed by atoms with E-state index in [-0.39, 0.29) is 18.9 Å². The van der Waals surface area contributed by atoms with Gasteiger partial charge in [0.2, 0.25) is 11.8 Å². The van der Waals surface area contributed by atoms with Gasteiger partial charge in [0.15, 0.2) is 12.4 Å². The molecule has 1 aromatic rings. The van der Waals surface area contributed by atoms with E-state index in [0.29, 0.717) is 6.42 Å². The van der Waals surface area contributed by atoms with Gasteiger partial charge < -0.3 is 15.4 Å². The molecule has 0 radical (unpaired) electrons. The fourth-order valence-corrected chi connectivity index (χ4v) is 1.79. The summed E-state index contributed by atoms with van der Waals surface area (Å²) in [6.45, 7) is 0.814. The van der Waals surface area contributed by atoms with Crippen molar-refractivity contribution in [3.8, 4) is 0 Å². The summed E-state index contributed by atoms with van der Waals surface area (Å²) in [7, 11) is 0. The third-order valence-electron chi connectivity index (χ3n) is 2.75. The number of Topliss-reactive ketones (excluding diaryl/α,β-unsaturated/α-hetero) is 1. The molecule has 0 aromatic heterocycles. The van der Waals surface area contributed by atoms with Crippen molar-refractivity contribution in [3.05, 3.63) is 35.9 Å². The summed E-state index contributed by atoms with van der Waals surface area (Å²) in [6, 6.07) is 8.41. The van der Waals surface area contributed by atoms with Crippen LogP contribution in [0.5, 0.6) is 0 Å². The molecular formula is C15H18N2O5. The van der Waals surface area contributed by atoms with Crippen molar-refractivity contribution in [1.29, 1.82) is 0 Å². The maximum Gasteiger partial charge on any atom is 0.293 e. The number of benzene rings is 1. The van der Waals surface area contributed by atoms with Crippen molar-refractivity contribution in [1.82, 2.24) is 10.6 Å². The van der Waals surface area contributed by atoms with Crippen molar-refractivity contribution >= 4 is 24.1 Å². The number of hydrogen-bond acceptors (Lipinski definition) is 5. The Hall–Kier alpha value is -2.70. The van der Waals surface area contributed by atoms with Gasteiger partial charge in [-0.1, -0.05) is 30.3 Å². The summed E-state index contributed by atoms with van der Waals surface area (Å²) in [5, 5.41) is 4.96. The van der Waals surface area contributed by atoms with Gasteiger partial charge in [0.05, 0.1) is 6.54 Å². The van der Waals surface area contributed by atoms with E-state index in [0.717, 1.165) is 5.56 Å². The second kappa shape index (κ2) is 9.28. The third-order valence-corrected chi connectivity index (χ3v) is 2.75. The lowest BCUT2D eigenvalue weighted by Crippen LogP contribution is -2.48. The minimum absolute atomic E-state index is 0.162. The fraction of sp³-hybridized carbons (Fsp3) is 0.333. The molecule has 1 rings (SSSR count). The monoisotopic (exact) mass is 306 g/mol. The van der Waals surface area contributed by atoms with Gasteiger partial charge in [-0.15, -0.1) is 0 Å². The van der Waals surface area contributed by atoms with Gasteiger partial charge in [-0.25, -0.2) is 0 Å². The van der Waals surface area contributed by atoms with Crippen molar-refractivity contribution in [2.75, 3.05) is 13.2 Å². The maximum atomic E-state index is 12.1. The number of nitrogens with one attached hydrogen (secondary N) is 2. The molecule has 0 aliphatic carbocycles. The van der Waals surface area contributed by atoms with E-state index in [2.05, 4.69) is 15.4 Å². The molecule has 0 bridgehead atoms. The SMILES string of the molecule is CC(=O)N[C@@H](Cc1ccccc1)C(=O)NCC(=O)COC=O. The highest BCUT2D eigenvalue weighted by molar-refractivity contribution is 5.91. The normalized spacial score (nSPS) is 11.1. The van der Waals surface area contributed by atoms with Gasteiger partial charge in [0.1, 0.15) is 6.04 Å². The number of ketones is 1. The third kappa shape index (κ3) is 6.65. The lowest BCUT2D eigenvalue weighted by molar-refractivity contribution is -0.136. The Labute approximate surface area is 128 Å². The lowest BCUT2D eigenvalue weighted by atomic mass is 10.1. The average Bonchev–Trinajstić information content (AvgIpc) is 2.50. The number of amides is 2. The van der Waals surface area contributed by atoms with Crippen molar-refractivity contribution < 1.29 is 23.9 Å². The Morgan fingerprint density at radius 3 is 2.50 bits per heavy atom. The summed E-state index contributed by atoms with van der Waals surface area (Å²) < 4.78 is 4.30. The Balaban J connectivity index is 2.58. The Morgan fingerprint density at radius 1 is 1.23 bits per heavy atom. The van der Waals surface area contributed by atoms with E-state index in [1.54, 1.807) is 0 Å². The summed E-state index contributed by atoms with van der Waals surface area (Å²) in [5.41, 5.74) is 0.881. The molecule has 0 spiro atoms. The quantitative estimate of drug-likeness (QED) is 0.604. The predicted molar refractivity (Wildman–Crippen MR) is 77.8 cm³/mol. The van der Waals surface area contributed by atoms with Crippen LogP contribution in [0.1, 0.15) is 12.5 Å². The highest BCUT2D eigenvalue weighted by Gasteiger charge is 2.20. The lowest BCUT2D eigenvalue weighted by Gasteiger charge is -2.17. The molecule has 118 valence electrons. The fourth-order valence-electron chi connectivity index (χ4n) is 1.79. The second-order valence-electron chi connectivity index (χ2n) is 4.61. The highest BCUT2D eigenvalue weighted by Crippen LogP contribution is 2.03. The molecule has 7 nitrogen and oxygen atoms in total. The topological polar surface area (TPSA) is 102 Å². The first-order valence-electron chi connectivity index (χ1n) is 6.68. The molecule has 0 fully saturated rings. The Morgan fingerprint density at radius 2 is 1.91 bits per heavy atom. The minimum atomic E-state index is -0.778. The molecule has 0 saturated carbocycles. The molecule has 22 heavy (non-hydrogen) atoms. The Kier molecular flexibility index (Phi) is 7.32. The van der Waals surface area contributed by atoms with E-state index in [1.165, 1.54) is 6.92 Å². The van der Waals surface area contributed by atoms with Crippen molar-refractivity contribution in [2.24, 2.45) is 0 Å². The van der Waals surface area contributed by atoms with Gasteiger partial charge in [-0.2, -0.15) is 0 Å². The van der Waals surface area contributed by atoms with E-state index in [4.69, 9.17) is 0 Å². The largest absolute Gasteiger partial charge is 0.460 e. The summed E-state index contributed by atoms with van der Waals surface area (Å²) in [4.78, 5) is 44.6. The van der Waals surface area contributed by atoms with Crippen LogP contribution in [0.3, 0.4) is 0 Å². The zero-order chi connectivity index (χ0) is 16.4. The molecule has 1 atom stereocenters. The van der Waals surface area contributed by atoms with Crippen LogP contribution in [0.4, 0.5) is 0 Å². The van der Waals surface area contributed by atoms with Crippen LogP contribution >= 0.6 is 0 Å². The molecule has 0 aliphatic rings.